The third-order valence-electron chi connectivity index (χ3n) is 2.85. The van der Waals surface area contributed by atoms with Crippen molar-refractivity contribution in [3.63, 3.8) is 0 Å². The highest BCUT2D eigenvalue weighted by atomic mass is 79.9. The molecular formula is C16H16BrNO5. The van der Waals surface area contributed by atoms with E-state index < -0.39 is 5.97 Å². The minimum absolute atomic E-state index is 0.0703. The number of hydrogen-bond donors (Lipinski definition) is 2. The van der Waals surface area contributed by atoms with Crippen LogP contribution in [0.1, 0.15) is 40.5 Å². The number of benzene rings is 1. The lowest BCUT2D eigenvalue weighted by Crippen LogP contribution is -2.23. The predicted molar refractivity (Wildman–Crippen MR) is 86.7 cm³/mol. The van der Waals surface area contributed by atoms with Crippen molar-refractivity contribution in [2.24, 2.45) is 0 Å². The molecule has 2 N–H and O–H groups in total. The molecule has 0 saturated heterocycles. The van der Waals surface area contributed by atoms with Gasteiger partial charge in [0, 0.05) is 4.47 Å². The maximum atomic E-state index is 12.3. The van der Waals surface area contributed by atoms with Crippen molar-refractivity contribution in [2.75, 3.05) is 0 Å². The molecule has 23 heavy (non-hydrogen) atoms. The van der Waals surface area contributed by atoms with Gasteiger partial charge in [-0.05, 0) is 44.2 Å². The van der Waals surface area contributed by atoms with E-state index >= 15 is 0 Å². The number of carbonyl (C=O) groups excluding carboxylic acids is 1. The molecule has 7 heteroatoms. The average molecular weight is 382 g/mol. The normalized spacial score (nSPS) is 10.6. The second-order valence-corrected chi connectivity index (χ2v) is 5.98. The molecule has 2 rings (SSSR count). The van der Waals surface area contributed by atoms with Crippen LogP contribution in [0.2, 0.25) is 0 Å². The van der Waals surface area contributed by atoms with Crippen molar-refractivity contribution in [1.29, 1.82) is 0 Å². The Kier molecular flexibility index (Phi) is 5.44. The standard InChI is InChI=1S/C16H16BrNO5/c1-9(2)22-14-7-10(17)3-5-12(14)15(19)18-8-11-4-6-13(23-11)16(20)21/h3-7,9H,8H2,1-2H3,(H,18,19)(H,20,21). The van der Waals surface area contributed by atoms with Crippen LogP contribution in [-0.4, -0.2) is 23.1 Å². The van der Waals surface area contributed by atoms with Crippen molar-refractivity contribution >= 4 is 27.8 Å². The zero-order valence-electron chi connectivity index (χ0n) is 12.6. The van der Waals surface area contributed by atoms with Gasteiger partial charge in [0.2, 0.25) is 5.76 Å². The first-order chi connectivity index (χ1) is 10.9. The maximum absolute atomic E-state index is 12.3. The molecule has 0 bridgehead atoms. The summed E-state index contributed by atoms with van der Waals surface area (Å²) in [4.78, 5) is 23.1. The number of ether oxygens (including phenoxy) is 1. The Morgan fingerprint density at radius 2 is 2.04 bits per heavy atom. The van der Waals surface area contributed by atoms with E-state index in [0.717, 1.165) is 4.47 Å². The van der Waals surface area contributed by atoms with E-state index in [2.05, 4.69) is 21.2 Å². The van der Waals surface area contributed by atoms with Crippen molar-refractivity contribution < 1.29 is 23.8 Å². The van der Waals surface area contributed by atoms with Gasteiger partial charge in [0.15, 0.2) is 0 Å². The number of carboxylic acid groups (broad SMARTS) is 1. The second kappa shape index (κ2) is 7.32. The fraction of sp³-hybridized carbons (Fsp3) is 0.250. The van der Waals surface area contributed by atoms with E-state index in [1.807, 2.05) is 13.8 Å². The van der Waals surface area contributed by atoms with Crippen LogP contribution in [0.25, 0.3) is 0 Å². The Labute approximate surface area is 141 Å². The minimum Gasteiger partial charge on any atom is -0.490 e. The zero-order chi connectivity index (χ0) is 17.0. The van der Waals surface area contributed by atoms with E-state index in [1.165, 1.54) is 12.1 Å². The summed E-state index contributed by atoms with van der Waals surface area (Å²) in [5.74, 6) is -0.817. The fourth-order valence-corrected chi connectivity index (χ4v) is 2.23. The lowest BCUT2D eigenvalue weighted by Gasteiger charge is -2.14. The molecule has 6 nitrogen and oxygen atoms in total. The van der Waals surface area contributed by atoms with Crippen LogP contribution in [0.5, 0.6) is 5.75 Å². The summed E-state index contributed by atoms with van der Waals surface area (Å²) in [6, 6.07) is 7.98. The van der Waals surface area contributed by atoms with Gasteiger partial charge in [-0.3, -0.25) is 4.79 Å². The molecule has 122 valence electrons. The van der Waals surface area contributed by atoms with Crippen molar-refractivity contribution in [3.05, 3.63) is 51.9 Å². The summed E-state index contributed by atoms with van der Waals surface area (Å²) < 4.78 is 11.5. The van der Waals surface area contributed by atoms with Gasteiger partial charge in [-0.15, -0.1) is 0 Å². The van der Waals surface area contributed by atoms with Crippen LogP contribution in [0.15, 0.2) is 39.2 Å². The highest BCUT2D eigenvalue weighted by molar-refractivity contribution is 9.10. The Balaban J connectivity index is 2.09. The number of halogens is 1. The first kappa shape index (κ1) is 17.1. The lowest BCUT2D eigenvalue weighted by atomic mass is 10.2. The van der Waals surface area contributed by atoms with Crippen molar-refractivity contribution in [2.45, 2.75) is 26.5 Å². The molecule has 2 aromatic rings. The monoisotopic (exact) mass is 381 g/mol. The van der Waals surface area contributed by atoms with Gasteiger partial charge in [0.1, 0.15) is 11.5 Å². The van der Waals surface area contributed by atoms with Crippen LogP contribution in [0.4, 0.5) is 0 Å². The third kappa shape index (κ3) is 4.59. The molecule has 0 aliphatic rings. The number of carboxylic acids is 1. The number of rotatable bonds is 6. The van der Waals surface area contributed by atoms with Crippen LogP contribution in [0.3, 0.4) is 0 Å². The molecule has 1 aromatic carbocycles. The van der Waals surface area contributed by atoms with Crippen LogP contribution >= 0.6 is 15.9 Å². The van der Waals surface area contributed by atoms with Gasteiger partial charge < -0.3 is 19.6 Å². The molecule has 0 aliphatic heterocycles. The number of aromatic carboxylic acids is 1. The first-order valence-electron chi connectivity index (χ1n) is 6.93. The van der Waals surface area contributed by atoms with Gasteiger partial charge in [-0.2, -0.15) is 0 Å². The number of hydrogen-bond acceptors (Lipinski definition) is 4. The van der Waals surface area contributed by atoms with Crippen molar-refractivity contribution in [1.82, 2.24) is 5.32 Å². The largest absolute Gasteiger partial charge is 0.490 e. The Bertz CT molecular complexity index is 723. The van der Waals surface area contributed by atoms with Crippen LogP contribution in [0, 0.1) is 0 Å². The number of nitrogens with one attached hydrogen (secondary N) is 1. The SMILES string of the molecule is CC(C)Oc1cc(Br)ccc1C(=O)NCc1ccc(C(=O)O)o1. The van der Waals surface area contributed by atoms with Gasteiger partial charge in [0.05, 0.1) is 18.2 Å². The predicted octanol–water partition coefficient (Wildman–Crippen LogP) is 3.46. The topological polar surface area (TPSA) is 88.8 Å². The van der Waals surface area contributed by atoms with E-state index in [9.17, 15) is 9.59 Å². The summed E-state index contributed by atoms with van der Waals surface area (Å²) in [6.07, 6.45) is -0.0703. The van der Waals surface area contributed by atoms with E-state index in [0.29, 0.717) is 17.1 Å². The molecule has 0 fully saturated rings. The van der Waals surface area contributed by atoms with E-state index in [4.69, 9.17) is 14.3 Å². The summed E-state index contributed by atoms with van der Waals surface area (Å²) >= 11 is 3.35. The lowest BCUT2D eigenvalue weighted by molar-refractivity contribution is 0.0660. The molecular weight excluding hydrogens is 366 g/mol. The fourth-order valence-electron chi connectivity index (χ4n) is 1.89. The Morgan fingerprint density at radius 3 is 2.65 bits per heavy atom. The van der Waals surface area contributed by atoms with Gasteiger partial charge >= 0.3 is 5.97 Å². The highest BCUT2D eigenvalue weighted by Crippen LogP contribution is 2.25. The molecule has 0 radical (unpaired) electrons. The zero-order valence-corrected chi connectivity index (χ0v) is 14.2. The molecule has 1 heterocycles. The quantitative estimate of drug-likeness (QED) is 0.799. The summed E-state index contributed by atoms with van der Waals surface area (Å²) in [5.41, 5.74) is 0.395. The number of furan rings is 1. The Hall–Kier alpha value is -2.28. The van der Waals surface area contributed by atoms with Gasteiger partial charge in [-0.25, -0.2) is 4.79 Å². The third-order valence-corrected chi connectivity index (χ3v) is 3.34. The maximum Gasteiger partial charge on any atom is 0.371 e. The minimum atomic E-state index is -1.15. The molecule has 1 amide bonds. The molecule has 0 saturated carbocycles. The van der Waals surface area contributed by atoms with E-state index in [1.54, 1.807) is 18.2 Å². The van der Waals surface area contributed by atoms with Gasteiger partial charge in [-0.1, -0.05) is 15.9 Å². The summed E-state index contributed by atoms with van der Waals surface area (Å²) in [5, 5.41) is 11.5. The Morgan fingerprint density at radius 1 is 1.30 bits per heavy atom. The molecule has 1 aromatic heterocycles. The second-order valence-electron chi connectivity index (χ2n) is 5.06. The highest BCUT2D eigenvalue weighted by Gasteiger charge is 2.15. The first-order valence-corrected chi connectivity index (χ1v) is 7.72. The van der Waals surface area contributed by atoms with E-state index in [-0.39, 0.29) is 24.3 Å². The molecule has 0 spiro atoms. The molecule has 0 atom stereocenters. The average Bonchev–Trinajstić information content (AvgIpc) is 2.93. The number of amides is 1. The molecule has 0 unspecified atom stereocenters. The summed E-state index contributed by atoms with van der Waals surface area (Å²) in [7, 11) is 0. The van der Waals surface area contributed by atoms with Crippen LogP contribution in [-0.2, 0) is 6.54 Å². The van der Waals surface area contributed by atoms with Crippen molar-refractivity contribution in [3.8, 4) is 5.75 Å². The van der Waals surface area contributed by atoms with Crippen LogP contribution < -0.4 is 10.1 Å². The summed E-state index contributed by atoms with van der Waals surface area (Å²) in [6.45, 7) is 3.83. The van der Waals surface area contributed by atoms with Gasteiger partial charge in [0.25, 0.3) is 5.91 Å². The number of carbonyl (C=O) groups is 2. The molecule has 0 aliphatic carbocycles. The smallest absolute Gasteiger partial charge is 0.371 e.